The predicted octanol–water partition coefficient (Wildman–Crippen LogP) is -2.52. The number of ketones is 1. The maximum absolute atomic E-state index is 10.9. The first-order valence-corrected chi connectivity index (χ1v) is 6.06. The van der Waals surface area contributed by atoms with Crippen molar-refractivity contribution >= 4 is 27.3 Å². The number of carbonyl (C=O) groups is 1. The molecule has 19 heavy (non-hydrogen) atoms. The Bertz CT molecular complexity index is 649. The zero-order chi connectivity index (χ0) is 13.8. The van der Waals surface area contributed by atoms with Gasteiger partial charge in [-0.2, -0.15) is 10.4 Å². The Morgan fingerprint density at radius 3 is 2.47 bits per heavy atom. The van der Waals surface area contributed by atoms with Crippen molar-refractivity contribution in [1.82, 2.24) is 0 Å². The molecule has 9 heteroatoms. The van der Waals surface area contributed by atoms with Crippen LogP contribution >= 0.6 is 0 Å². The van der Waals surface area contributed by atoms with Crippen molar-refractivity contribution in [2.24, 2.45) is 5.10 Å². The third kappa shape index (κ3) is 5.10. The predicted molar refractivity (Wildman–Crippen MR) is 61.8 cm³/mol. The van der Waals surface area contributed by atoms with Crippen LogP contribution in [-0.2, 0) is 14.9 Å². The van der Waals surface area contributed by atoms with Gasteiger partial charge in [0.15, 0.2) is 5.78 Å². The summed E-state index contributed by atoms with van der Waals surface area (Å²) in [7, 11) is -4.66. The van der Waals surface area contributed by atoms with Gasteiger partial charge in [0.25, 0.3) is 0 Å². The van der Waals surface area contributed by atoms with Gasteiger partial charge in [-0.15, -0.1) is 0 Å². The number of para-hydroxylation sites is 1. The van der Waals surface area contributed by atoms with Gasteiger partial charge in [-0.3, -0.25) is 10.2 Å². The summed E-state index contributed by atoms with van der Waals surface area (Å²) in [4.78, 5) is 10.4. The summed E-state index contributed by atoms with van der Waals surface area (Å²) in [5.41, 5.74) is 1.70. The van der Waals surface area contributed by atoms with Gasteiger partial charge in [0.05, 0.1) is 10.6 Å². The average molecular weight is 289 g/mol. The van der Waals surface area contributed by atoms with Crippen LogP contribution in [0.3, 0.4) is 0 Å². The van der Waals surface area contributed by atoms with E-state index in [2.05, 4.69) is 10.5 Å². The molecule has 1 aromatic rings. The molecule has 1 N–H and O–H groups in total. The summed E-state index contributed by atoms with van der Waals surface area (Å²) >= 11 is 0. The smallest absolute Gasteiger partial charge is 0.744 e. The first-order chi connectivity index (χ1) is 8.36. The number of benzene rings is 1. The average Bonchev–Trinajstić information content (AvgIpc) is 2.28. The van der Waals surface area contributed by atoms with Crippen molar-refractivity contribution in [1.29, 1.82) is 5.26 Å². The summed E-state index contributed by atoms with van der Waals surface area (Å²) in [6.07, 6.45) is 0. The van der Waals surface area contributed by atoms with Crippen molar-refractivity contribution in [2.45, 2.75) is 11.8 Å². The van der Waals surface area contributed by atoms with E-state index >= 15 is 0 Å². The first-order valence-electron chi connectivity index (χ1n) is 4.66. The largest absolute Gasteiger partial charge is 1.00 e. The van der Waals surface area contributed by atoms with E-state index in [0.717, 1.165) is 13.0 Å². The molecule has 0 saturated heterocycles. The number of hydrogen-bond acceptors (Lipinski definition) is 7. The van der Waals surface area contributed by atoms with Gasteiger partial charge in [0, 0.05) is 6.92 Å². The van der Waals surface area contributed by atoms with Gasteiger partial charge in [0.2, 0.25) is 5.71 Å². The maximum atomic E-state index is 10.9. The van der Waals surface area contributed by atoms with Crippen molar-refractivity contribution in [2.75, 3.05) is 5.43 Å². The minimum Gasteiger partial charge on any atom is -0.744 e. The van der Waals surface area contributed by atoms with Crippen LogP contribution in [0.1, 0.15) is 6.92 Å². The van der Waals surface area contributed by atoms with Crippen LogP contribution in [0.5, 0.6) is 0 Å². The second-order valence-electron chi connectivity index (χ2n) is 3.19. The number of nitriles is 1. The molecule has 0 aromatic heterocycles. The molecule has 0 unspecified atom stereocenters. The normalized spacial score (nSPS) is 11.1. The van der Waals surface area contributed by atoms with Crippen LogP contribution in [0.4, 0.5) is 5.69 Å². The van der Waals surface area contributed by atoms with Gasteiger partial charge in [-0.25, -0.2) is 8.42 Å². The monoisotopic (exact) mass is 289 g/mol. The van der Waals surface area contributed by atoms with E-state index in [-0.39, 0.29) is 35.2 Å². The third-order valence-corrected chi connectivity index (χ3v) is 2.78. The third-order valence-electron chi connectivity index (χ3n) is 1.88. The van der Waals surface area contributed by atoms with Crippen LogP contribution in [0.15, 0.2) is 34.3 Å². The summed E-state index contributed by atoms with van der Waals surface area (Å²) in [5.74, 6) is -0.576. The topological polar surface area (TPSA) is 122 Å². The molecule has 94 valence electrons. The van der Waals surface area contributed by atoms with Crippen LogP contribution < -0.4 is 35.0 Å². The number of anilines is 1. The number of nitrogens with zero attached hydrogens (tertiary/aromatic N) is 2. The minimum absolute atomic E-state index is 0. The molecular formula is C10H8N3NaO4S. The van der Waals surface area contributed by atoms with E-state index < -0.39 is 26.5 Å². The SMILES string of the molecule is CC(=O)/C(C#N)=N/Nc1ccccc1S(=O)(=O)[O-].[Na+]. The van der Waals surface area contributed by atoms with Crippen LogP contribution in [0, 0.1) is 11.3 Å². The quantitative estimate of drug-likeness (QED) is 0.282. The van der Waals surface area contributed by atoms with E-state index in [4.69, 9.17) is 5.26 Å². The van der Waals surface area contributed by atoms with Gasteiger partial charge in [-0.1, -0.05) is 12.1 Å². The van der Waals surface area contributed by atoms with Crippen LogP contribution in [0.2, 0.25) is 0 Å². The van der Waals surface area contributed by atoms with Crippen molar-refractivity contribution in [3.63, 3.8) is 0 Å². The molecule has 0 aliphatic carbocycles. The van der Waals surface area contributed by atoms with E-state index in [1.54, 1.807) is 6.07 Å². The fourth-order valence-corrected chi connectivity index (χ4v) is 1.70. The molecule has 0 fully saturated rings. The molecule has 0 aliphatic heterocycles. The standard InChI is InChI=1S/C10H9N3O4S.Na/c1-7(14)9(6-11)13-12-8-4-2-3-5-10(8)18(15,16)17;/h2-5,12H,1H3,(H,15,16,17);/q;+1/p-1/b13-9+;. The Morgan fingerprint density at radius 2 is 2.00 bits per heavy atom. The summed E-state index contributed by atoms with van der Waals surface area (Å²) in [6.45, 7) is 1.14. The number of nitrogens with one attached hydrogen (secondary N) is 1. The Morgan fingerprint density at radius 1 is 1.42 bits per heavy atom. The molecule has 0 saturated carbocycles. The molecule has 0 bridgehead atoms. The van der Waals surface area contributed by atoms with Crippen molar-refractivity contribution in [3.8, 4) is 6.07 Å². The Labute approximate surface area is 132 Å². The Kier molecular flexibility index (Phi) is 6.89. The number of hydrazone groups is 1. The van der Waals surface area contributed by atoms with Gasteiger partial charge in [0.1, 0.15) is 16.2 Å². The van der Waals surface area contributed by atoms with E-state index in [9.17, 15) is 17.8 Å². The van der Waals surface area contributed by atoms with Gasteiger partial charge in [-0.05, 0) is 12.1 Å². The Hall–Kier alpha value is -1.24. The zero-order valence-electron chi connectivity index (χ0n) is 10.2. The molecule has 0 aliphatic rings. The van der Waals surface area contributed by atoms with Crippen molar-refractivity contribution < 1.29 is 47.3 Å². The first kappa shape index (κ1) is 17.8. The van der Waals surface area contributed by atoms with E-state index in [0.29, 0.717) is 0 Å². The number of rotatable bonds is 4. The van der Waals surface area contributed by atoms with Crippen LogP contribution in [-0.4, -0.2) is 24.5 Å². The van der Waals surface area contributed by atoms with Gasteiger partial charge < -0.3 is 4.55 Å². The van der Waals surface area contributed by atoms with E-state index in [1.165, 1.54) is 18.2 Å². The molecule has 0 atom stereocenters. The number of carbonyl (C=O) groups excluding carboxylic acids is 1. The molecule has 7 nitrogen and oxygen atoms in total. The summed E-state index contributed by atoms with van der Waals surface area (Å²) in [5, 5.41) is 12.0. The molecule has 0 amide bonds. The maximum Gasteiger partial charge on any atom is 1.00 e. The minimum atomic E-state index is -4.66. The van der Waals surface area contributed by atoms with Gasteiger partial charge >= 0.3 is 29.6 Å². The second-order valence-corrected chi connectivity index (χ2v) is 4.54. The molecule has 0 spiro atoms. The zero-order valence-corrected chi connectivity index (χ0v) is 13.1. The second kappa shape index (κ2) is 7.37. The fourth-order valence-electron chi connectivity index (χ4n) is 1.08. The van der Waals surface area contributed by atoms with Crippen LogP contribution in [0.25, 0.3) is 0 Å². The summed E-state index contributed by atoms with van der Waals surface area (Å²) in [6, 6.07) is 6.78. The molecule has 0 radical (unpaired) electrons. The number of Topliss-reactive ketones (excluding diaryl/α,β-unsaturated/α-hetero) is 1. The molecule has 1 aromatic carbocycles. The van der Waals surface area contributed by atoms with Crippen molar-refractivity contribution in [3.05, 3.63) is 24.3 Å². The van der Waals surface area contributed by atoms with E-state index in [1.807, 2.05) is 0 Å². The fraction of sp³-hybridized carbons (Fsp3) is 0.100. The molecular weight excluding hydrogens is 281 g/mol. The molecule has 0 heterocycles. The molecule has 1 rings (SSSR count). The number of hydrogen-bond donors (Lipinski definition) is 1. The Balaban J connectivity index is 0.00000324. The summed E-state index contributed by atoms with van der Waals surface area (Å²) < 4.78 is 32.8.